The second kappa shape index (κ2) is 9.18. The predicted molar refractivity (Wildman–Crippen MR) is 134 cm³/mol. The minimum atomic E-state index is -0.178. The number of amides is 1. The van der Waals surface area contributed by atoms with E-state index in [1.165, 1.54) is 11.1 Å². The van der Waals surface area contributed by atoms with Gasteiger partial charge in [0.25, 0.3) is 5.91 Å². The van der Waals surface area contributed by atoms with Crippen molar-refractivity contribution in [2.24, 2.45) is 7.05 Å². The van der Waals surface area contributed by atoms with Crippen LogP contribution in [0.3, 0.4) is 0 Å². The molecule has 1 atom stereocenters. The minimum absolute atomic E-state index is 0.0326. The fourth-order valence-corrected chi connectivity index (χ4v) is 4.83. The highest BCUT2D eigenvalue weighted by atomic mass is 16.5. The molecule has 0 spiro atoms. The summed E-state index contributed by atoms with van der Waals surface area (Å²) >= 11 is 0. The second-order valence-corrected chi connectivity index (χ2v) is 8.69. The number of carbonyl (C=O) groups is 1. The summed E-state index contributed by atoms with van der Waals surface area (Å²) in [7, 11) is 3.52. The molecule has 1 amide bonds. The highest BCUT2D eigenvalue weighted by Crippen LogP contribution is 2.43. The van der Waals surface area contributed by atoms with Crippen molar-refractivity contribution < 1.29 is 9.53 Å². The molecule has 1 aromatic heterocycles. The molecule has 1 aliphatic rings. The van der Waals surface area contributed by atoms with Crippen LogP contribution in [0.25, 0.3) is 11.3 Å². The Morgan fingerprint density at radius 2 is 1.62 bits per heavy atom. The van der Waals surface area contributed by atoms with Crippen molar-refractivity contribution in [3.63, 3.8) is 0 Å². The molecule has 5 heteroatoms. The lowest BCUT2D eigenvalue weighted by molar-refractivity contribution is 0.0742. The first-order valence-electron chi connectivity index (χ1n) is 11.8. The summed E-state index contributed by atoms with van der Waals surface area (Å²) < 4.78 is 7.08. The smallest absolute Gasteiger partial charge is 0.273 e. The number of fused-ring (bicyclic) bond motifs is 1. The third-order valence-electron chi connectivity index (χ3n) is 6.68. The number of aryl methyl sites for hydroxylation is 2. The van der Waals surface area contributed by atoms with Crippen molar-refractivity contribution in [2.45, 2.75) is 25.8 Å². The van der Waals surface area contributed by atoms with Gasteiger partial charge < -0.3 is 9.64 Å². The number of rotatable bonds is 7. The zero-order chi connectivity index (χ0) is 23.7. The first-order chi connectivity index (χ1) is 16.6. The minimum Gasteiger partial charge on any atom is -0.497 e. The van der Waals surface area contributed by atoms with Gasteiger partial charge in [-0.25, -0.2) is 0 Å². The Kier molecular flexibility index (Phi) is 5.93. The quantitative estimate of drug-likeness (QED) is 0.376. The van der Waals surface area contributed by atoms with E-state index in [2.05, 4.69) is 43.3 Å². The summed E-state index contributed by atoms with van der Waals surface area (Å²) in [4.78, 5) is 15.7. The van der Waals surface area contributed by atoms with Crippen molar-refractivity contribution in [3.05, 3.63) is 107 Å². The van der Waals surface area contributed by atoms with Gasteiger partial charge in [-0.1, -0.05) is 61.5 Å². The molecular formula is C29H29N3O2. The monoisotopic (exact) mass is 451 g/mol. The molecule has 172 valence electrons. The Balaban J connectivity index is 1.60. The molecule has 1 aliphatic heterocycles. The summed E-state index contributed by atoms with van der Waals surface area (Å²) in [6.07, 6.45) is 1.78. The van der Waals surface area contributed by atoms with E-state index in [4.69, 9.17) is 9.84 Å². The number of carbonyl (C=O) groups excluding carboxylic acids is 1. The zero-order valence-electron chi connectivity index (χ0n) is 19.9. The number of hydrogen-bond donors (Lipinski definition) is 0. The van der Waals surface area contributed by atoms with E-state index < -0.39 is 0 Å². The normalized spacial score (nSPS) is 15.0. The topological polar surface area (TPSA) is 47.4 Å². The summed E-state index contributed by atoms with van der Waals surface area (Å²) in [6, 6.07) is 26.7. The molecule has 0 radical (unpaired) electrons. The summed E-state index contributed by atoms with van der Waals surface area (Å²) in [5.74, 6) is 0.828. The lowest BCUT2D eigenvalue weighted by Crippen LogP contribution is -2.32. The average molecular weight is 452 g/mol. The molecule has 0 aliphatic carbocycles. The molecule has 0 fully saturated rings. The highest BCUT2D eigenvalue weighted by Gasteiger charge is 2.43. The molecule has 0 unspecified atom stereocenters. The Labute approximate surface area is 200 Å². The third-order valence-corrected chi connectivity index (χ3v) is 6.68. The predicted octanol–water partition coefficient (Wildman–Crippen LogP) is 5.45. The number of ether oxygens (including phenoxy) is 1. The molecular weight excluding hydrogens is 422 g/mol. The van der Waals surface area contributed by atoms with E-state index in [1.54, 1.807) is 11.8 Å². The summed E-state index contributed by atoms with van der Waals surface area (Å²) in [5, 5.41) is 4.80. The molecule has 34 heavy (non-hydrogen) atoms. The summed E-state index contributed by atoms with van der Waals surface area (Å²) in [5.41, 5.74) is 7.09. The van der Waals surface area contributed by atoms with E-state index in [1.807, 2.05) is 54.4 Å². The van der Waals surface area contributed by atoms with Gasteiger partial charge in [0.15, 0.2) is 0 Å². The standard InChI is InChI=1S/C29H29N3O2/c1-4-20-10-12-23(13-11-20)27-25-26(22-14-16-24(34-3)17-15-22)30-31(2)28(25)29(33)32(27)19-18-21-8-6-5-7-9-21/h5-17,27H,4,18-19H2,1-3H3/t27-/m1/s1. The number of nitrogens with zero attached hydrogens (tertiary/aromatic N) is 3. The molecule has 5 nitrogen and oxygen atoms in total. The Bertz CT molecular complexity index is 1290. The van der Waals surface area contributed by atoms with Gasteiger partial charge >= 0.3 is 0 Å². The molecule has 0 saturated carbocycles. The van der Waals surface area contributed by atoms with Gasteiger partial charge in [0.05, 0.1) is 18.8 Å². The Hall–Kier alpha value is -3.86. The van der Waals surface area contributed by atoms with Gasteiger partial charge in [-0.15, -0.1) is 0 Å². The van der Waals surface area contributed by atoms with Crippen LogP contribution < -0.4 is 4.74 Å². The van der Waals surface area contributed by atoms with Crippen molar-refractivity contribution in [2.75, 3.05) is 13.7 Å². The zero-order valence-corrected chi connectivity index (χ0v) is 19.9. The van der Waals surface area contributed by atoms with E-state index in [9.17, 15) is 4.79 Å². The molecule has 0 bridgehead atoms. The average Bonchev–Trinajstić information content (AvgIpc) is 3.38. The van der Waals surface area contributed by atoms with E-state index in [0.29, 0.717) is 12.2 Å². The van der Waals surface area contributed by atoms with Crippen molar-refractivity contribution in [3.8, 4) is 17.0 Å². The molecule has 3 aromatic carbocycles. The molecule has 0 saturated heterocycles. The first-order valence-corrected chi connectivity index (χ1v) is 11.8. The Morgan fingerprint density at radius 3 is 2.26 bits per heavy atom. The fourth-order valence-electron chi connectivity index (χ4n) is 4.83. The maximum Gasteiger partial charge on any atom is 0.273 e. The van der Waals surface area contributed by atoms with Gasteiger partial charge in [-0.05, 0) is 53.8 Å². The third kappa shape index (κ3) is 3.87. The van der Waals surface area contributed by atoms with Crippen LogP contribution in [-0.4, -0.2) is 34.2 Å². The van der Waals surface area contributed by atoms with Gasteiger partial charge in [0, 0.05) is 24.7 Å². The van der Waals surface area contributed by atoms with Crippen LogP contribution in [0, 0.1) is 0 Å². The van der Waals surface area contributed by atoms with E-state index >= 15 is 0 Å². The number of benzene rings is 3. The van der Waals surface area contributed by atoms with Gasteiger partial charge in [-0.3, -0.25) is 9.48 Å². The van der Waals surface area contributed by atoms with E-state index in [-0.39, 0.29) is 11.9 Å². The van der Waals surface area contributed by atoms with Gasteiger partial charge in [-0.2, -0.15) is 5.10 Å². The lowest BCUT2D eigenvalue weighted by atomic mass is 9.95. The van der Waals surface area contributed by atoms with Gasteiger partial charge in [0.2, 0.25) is 0 Å². The highest BCUT2D eigenvalue weighted by molar-refractivity contribution is 6.00. The number of methoxy groups -OCH3 is 1. The first kappa shape index (κ1) is 22.0. The largest absolute Gasteiger partial charge is 0.497 e. The summed E-state index contributed by atoms with van der Waals surface area (Å²) in [6.45, 7) is 2.79. The molecule has 5 rings (SSSR count). The van der Waals surface area contributed by atoms with Crippen LogP contribution in [0.2, 0.25) is 0 Å². The fraction of sp³-hybridized carbons (Fsp3) is 0.241. The second-order valence-electron chi connectivity index (χ2n) is 8.69. The van der Waals surface area contributed by atoms with Crippen LogP contribution in [0.1, 0.15) is 45.7 Å². The maximum absolute atomic E-state index is 13.7. The van der Waals surface area contributed by atoms with Crippen molar-refractivity contribution >= 4 is 5.91 Å². The van der Waals surface area contributed by atoms with Crippen molar-refractivity contribution in [1.82, 2.24) is 14.7 Å². The van der Waals surface area contributed by atoms with Gasteiger partial charge in [0.1, 0.15) is 11.4 Å². The van der Waals surface area contributed by atoms with Crippen LogP contribution >= 0.6 is 0 Å². The van der Waals surface area contributed by atoms with Crippen LogP contribution in [0.15, 0.2) is 78.9 Å². The lowest BCUT2D eigenvalue weighted by Gasteiger charge is -2.27. The molecule has 4 aromatic rings. The maximum atomic E-state index is 13.7. The number of aromatic nitrogens is 2. The Morgan fingerprint density at radius 1 is 0.912 bits per heavy atom. The van der Waals surface area contributed by atoms with Crippen LogP contribution in [-0.2, 0) is 19.9 Å². The molecule has 2 heterocycles. The number of hydrogen-bond acceptors (Lipinski definition) is 3. The van der Waals surface area contributed by atoms with Crippen LogP contribution in [0.5, 0.6) is 5.75 Å². The van der Waals surface area contributed by atoms with Crippen LogP contribution in [0.4, 0.5) is 0 Å². The SMILES string of the molecule is CCc1ccc([C@@H]2c3c(-c4ccc(OC)cc4)nn(C)c3C(=O)N2CCc2ccccc2)cc1. The van der Waals surface area contributed by atoms with Crippen molar-refractivity contribution in [1.29, 1.82) is 0 Å². The van der Waals surface area contributed by atoms with E-state index in [0.717, 1.165) is 41.0 Å². The molecule has 0 N–H and O–H groups in total.